The van der Waals surface area contributed by atoms with E-state index in [2.05, 4.69) is 26.3 Å². The Balaban J connectivity index is 1.61. The van der Waals surface area contributed by atoms with Crippen molar-refractivity contribution in [3.05, 3.63) is 57.5 Å². The van der Waals surface area contributed by atoms with Crippen molar-refractivity contribution in [2.24, 2.45) is 0 Å². The number of aromatic nitrogens is 4. The molecule has 0 unspecified atom stereocenters. The number of hydrogen-bond acceptors (Lipinski definition) is 5. The van der Waals surface area contributed by atoms with Crippen LogP contribution in [0.3, 0.4) is 0 Å². The topological polar surface area (TPSA) is 84.7 Å². The lowest BCUT2D eigenvalue weighted by Crippen LogP contribution is -2.33. The number of hydrazine groups is 1. The largest absolute Gasteiger partial charge is 0.296 e. The van der Waals surface area contributed by atoms with Gasteiger partial charge in [0.1, 0.15) is 6.54 Å². The Morgan fingerprint density at radius 2 is 1.76 bits per heavy atom. The van der Waals surface area contributed by atoms with E-state index in [4.69, 9.17) is 34.8 Å². The van der Waals surface area contributed by atoms with E-state index >= 15 is 0 Å². The molecule has 0 atom stereocenters. The van der Waals surface area contributed by atoms with Gasteiger partial charge in [-0.15, -0.1) is 10.2 Å². The lowest BCUT2D eigenvalue weighted by Gasteiger charge is -2.11. The molecule has 2 N–H and O–H groups in total. The number of amides is 1. The molecule has 1 amide bonds. The second-order valence-corrected chi connectivity index (χ2v) is 6.18. The van der Waals surface area contributed by atoms with Crippen molar-refractivity contribution < 1.29 is 4.79 Å². The van der Waals surface area contributed by atoms with E-state index in [1.807, 2.05) is 30.3 Å². The normalized spacial score (nSPS) is 10.5. The first-order valence-corrected chi connectivity index (χ1v) is 8.19. The summed E-state index contributed by atoms with van der Waals surface area (Å²) < 4.78 is 0. The zero-order valence-electron chi connectivity index (χ0n) is 12.6. The molecule has 2 aromatic carbocycles. The summed E-state index contributed by atoms with van der Waals surface area (Å²) in [5.74, 6) is 0.0317. The van der Waals surface area contributed by atoms with Crippen molar-refractivity contribution in [1.82, 2.24) is 25.6 Å². The fourth-order valence-electron chi connectivity index (χ4n) is 1.97. The molecule has 0 aliphatic heterocycles. The maximum atomic E-state index is 12.0. The first-order valence-electron chi connectivity index (χ1n) is 7.05. The lowest BCUT2D eigenvalue weighted by atomic mass is 10.2. The highest BCUT2D eigenvalue weighted by molar-refractivity contribution is 6.41. The zero-order chi connectivity index (χ0) is 17.8. The van der Waals surface area contributed by atoms with E-state index in [1.54, 1.807) is 0 Å². The van der Waals surface area contributed by atoms with E-state index < -0.39 is 5.91 Å². The maximum Gasteiger partial charge on any atom is 0.261 e. The molecular formula is C15H11Cl3N6O. The van der Waals surface area contributed by atoms with Gasteiger partial charge in [-0.3, -0.25) is 15.6 Å². The molecule has 0 aliphatic carbocycles. The second-order valence-electron chi connectivity index (χ2n) is 4.93. The smallest absolute Gasteiger partial charge is 0.261 e. The van der Waals surface area contributed by atoms with Gasteiger partial charge < -0.3 is 0 Å². The summed E-state index contributed by atoms with van der Waals surface area (Å²) in [4.78, 5) is 13.2. The molecule has 0 bridgehead atoms. The van der Waals surface area contributed by atoms with E-state index in [9.17, 15) is 4.79 Å². The molecule has 3 rings (SSSR count). The maximum absolute atomic E-state index is 12.0. The predicted molar refractivity (Wildman–Crippen MR) is 96.5 cm³/mol. The van der Waals surface area contributed by atoms with Crippen LogP contribution in [-0.2, 0) is 11.3 Å². The van der Waals surface area contributed by atoms with Gasteiger partial charge in [0, 0.05) is 10.6 Å². The number of carbonyl (C=O) groups is 1. The minimum Gasteiger partial charge on any atom is -0.296 e. The molecule has 3 aromatic rings. The Bertz CT molecular complexity index is 876. The molecule has 25 heavy (non-hydrogen) atoms. The van der Waals surface area contributed by atoms with Gasteiger partial charge in [-0.2, -0.15) is 4.80 Å². The zero-order valence-corrected chi connectivity index (χ0v) is 14.8. The summed E-state index contributed by atoms with van der Waals surface area (Å²) in [5, 5.41) is 12.9. The average Bonchev–Trinajstić information content (AvgIpc) is 3.03. The number of nitrogens with one attached hydrogen (secondary N) is 2. The third kappa shape index (κ3) is 4.39. The van der Waals surface area contributed by atoms with Crippen LogP contribution in [0.4, 0.5) is 5.69 Å². The minimum absolute atomic E-state index is 0.129. The van der Waals surface area contributed by atoms with Gasteiger partial charge in [0.15, 0.2) is 0 Å². The van der Waals surface area contributed by atoms with Crippen molar-refractivity contribution in [2.45, 2.75) is 6.54 Å². The van der Waals surface area contributed by atoms with Crippen LogP contribution in [0, 0.1) is 0 Å². The Morgan fingerprint density at radius 3 is 2.44 bits per heavy atom. The Labute approximate surface area is 157 Å². The van der Waals surface area contributed by atoms with Crippen LogP contribution in [0.5, 0.6) is 0 Å². The molecule has 10 heteroatoms. The van der Waals surface area contributed by atoms with E-state index in [0.717, 1.165) is 5.56 Å². The molecule has 0 aliphatic rings. The number of hydrogen-bond donors (Lipinski definition) is 2. The predicted octanol–water partition coefficient (Wildman–Crippen LogP) is 3.44. The summed E-state index contributed by atoms with van der Waals surface area (Å²) in [7, 11) is 0. The van der Waals surface area contributed by atoms with Crippen LogP contribution in [0.2, 0.25) is 15.1 Å². The van der Waals surface area contributed by atoms with Crippen molar-refractivity contribution in [1.29, 1.82) is 0 Å². The van der Waals surface area contributed by atoms with Gasteiger partial charge >= 0.3 is 0 Å². The minimum atomic E-state index is -0.404. The Kier molecular flexibility index (Phi) is 5.37. The number of tetrazole rings is 1. The first-order chi connectivity index (χ1) is 12.0. The quantitative estimate of drug-likeness (QED) is 0.644. The molecule has 1 aromatic heterocycles. The van der Waals surface area contributed by atoms with Gasteiger partial charge in [0.25, 0.3) is 5.91 Å². The van der Waals surface area contributed by atoms with Gasteiger partial charge in [-0.25, -0.2) is 0 Å². The monoisotopic (exact) mass is 396 g/mol. The third-order valence-corrected chi connectivity index (χ3v) is 3.92. The van der Waals surface area contributed by atoms with Gasteiger partial charge in [0.05, 0.1) is 15.7 Å². The average molecular weight is 398 g/mol. The van der Waals surface area contributed by atoms with E-state index in [0.29, 0.717) is 16.5 Å². The molecule has 7 nitrogen and oxygen atoms in total. The van der Waals surface area contributed by atoms with Crippen LogP contribution < -0.4 is 10.9 Å². The SMILES string of the molecule is O=C(Cn1nnc(-c2ccccc2)n1)NNc1c(Cl)cc(Cl)cc1Cl. The molecule has 0 fully saturated rings. The number of benzene rings is 2. The molecule has 0 spiro atoms. The third-order valence-electron chi connectivity index (χ3n) is 3.10. The standard InChI is InChI=1S/C15H11Cl3N6O/c16-10-6-11(17)14(12(18)7-10)20-19-13(25)8-24-22-15(21-23-24)9-4-2-1-3-5-9/h1-7,20H,8H2,(H,19,25). The highest BCUT2D eigenvalue weighted by Gasteiger charge is 2.11. The fourth-order valence-corrected chi connectivity index (χ4v) is 2.89. The second kappa shape index (κ2) is 7.69. The number of anilines is 1. The molecule has 128 valence electrons. The highest BCUT2D eigenvalue weighted by Crippen LogP contribution is 2.33. The van der Waals surface area contributed by atoms with Crippen LogP contribution in [0.25, 0.3) is 11.4 Å². The van der Waals surface area contributed by atoms with Crippen LogP contribution in [-0.4, -0.2) is 26.1 Å². The van der Waals surface area contributed by atoms with Gasteiger partial charge in [-0.1, -0.05) is 65.1 Å². The summed E-state index contributed by atoms with van der Waals surface area (Å²) in [5.41, 5.74) is 6.28. The molecule has 1 heterocycles. The summed E-state index contributed by atoms with van der Waals surface area (Å²) in [6.07, 6.45) is 0. The molecule has 0 saturated heterocycles. The number of rotatable bonds is 5. The van der Waals surface area contributed by atoms with Crippen molar-refractivity contribution in [2.75, 3.05) is 5.43 Å². The van der Waals surface area contributed by atoms with Crippen molar-refractivity contribution in [3.63, 3.8) is 0 Å². The molecule has 0 radical (unpaired) electrons. The Morgan fingerprint density at radius 1 is 1.08 bits per heavy atom. The molecular weight excluding hydrogens is 387 g/mol. The molecule has 0 saturated carbocycles. The Hall–Kier alpha value is -2.35. The van der Waals surface area contributed by atoms with Crippen LogP contribution in [0.1, 0.15) is 0 Å². The van der Waals surface area contributed by atoms with Crippen molar-refractivity contribution >= 4 is 46.4 Å². The summed E-state index contributed by atoms with van der Waals surface area (Å²) in [6, 6.07) is 12.3. The highest BCUT2D eigenvalue weighted by atomic mass is 35.5. The van der Waals surface area contributed by atoms with Gasteiger partial charge in [0.2, 0.25) is 5.82 Å². The first kappa shape index (κ1) is 17.5. The summed E-state index contributed by atoms with van der Waals surface area (Å²) in [6.45, 7) is -0.129. The van der Waals surface area contributed by atoms with Crippen molar-refractivity contribution in [3.8, 4) is 11.4 Å². The van der Waals surface area contributed by atoms with Crippen LogP contribution >= 0.6 is 34.8 Å². The number of carbonyl (C=O) groups excluding carboxylic acids is 1. The number of nitrogens with zero attached hydrogens (tertiary/aromatic N) is 4. The van der Waals surface area contributed by atoms with Crippen LogP contribution in [0.15, 0.2) is 42.5 Å². The number of halogens is 3. The van der Waals surface area contributed by atoms with E-state index in [-0.39, 0.29) is 16.6 Å². The fraction of sp³-hybridized carbons (Fsp3) is 0.0667. The van der Waals surface area contributed by atoms with Gasteiger partial charge in [-0.05, 0) is 17.3 Å². The lowest BCUT2D eigenvalue weighted by molar-refractivity contribution is -0.121. The van der Waals surface area contributed by atoms with E-state index in [1.165, 1.54) is 16.9 Å². The summed E-state index contributed by atoms with van der Waals surface area (Å²) >= 11 is 17.9.